The molecule has 0 aliphatic carbocycles. The van der Waals surface area contributed by atoms with Gasteiger partial charge < -0.3 is 15.4 Å². The van der Waals surface area contributed by atoms with E-state index in [1.54, 1.807) is 7.11 Å². The molecule has 0 aromatic heterocycles. The minimum absolute atomic E-state index is 0. The Bertz CT molecular complexity index is 382. The smallest absolute Gasteiger partial charge is 0.226 e. The number of methoxy groups -OCH3 is 1. The third-order valence-electron chi connectivity index (χ3n) is 3.00. The van der Waals surface area contributed by atoms with Gasteiger partial charge in [0.2, 0.25) is 5.91 Å². The first-order valence-electron chi connectivity index (χ1n) is 6.24. The molecule has 1 unspecified atom stereocenters. The van der Waals surface area contributed by atoms with Crippen molar-refractivity contribution in [3.05, 3.63) is 29.8 Å². The van der Waals surface area contributed by atoms with Crippen molar-refractivity contribution in [2.24, 2.45) is 11.7 Å². The van der Waals surface area contributed by atoms with Gasteiger partial charge in [-0.2, -0.15) is 0 Å². The van der Waals surface area contributed by atoms with Crippen LogP contribution in [0.5, 0.6) is 5.75 Å². The molecule has 0 heterocycles. The van der Waals surface area contributed by atoms with E-state index in [4.69, 9.17) is 10.5 Å². The second kappa shape index (κ2) is 8.77. The zero-order valence-corrected chi connectivity index (χ0v) is 12.6. The highest BCUT2D eigenvalue weighted by atomic mass is 35.5. The van der Waals surface area contributed by atoms with Gasteiger partial charge in [-0.25, -0.2) is 0 Å². The van der Waals surface area contributed by atoms with Gasteiger partial charge in [-0.1, -0.05) is 19.1 Å². The summed E-state index contributed by atoms with van der Waals surface area (Å²) in [5.41, 5.74) is 6.63. The third-order valence-corrected chi connectivity index (χ3v) is 3.00. The van der Waals surface area contributed by atoms with Gasteiger partial charge in [-0.05, 0) is 24.6 Å². The Labute approximate surface area is 121 Å². The van der Waals surface area contributed by atoms with E-state index >= 15 is 0 Å². The van der Waals surface area contributed by atoms with E-state index in [1.165, 1.54) is 0 Å². The fourth-order valence-corrected chi connectivity index (χ4v) is 1.71. The van der Waals surface area contributed by atoms with Gasteiger partial charge in [0.25, 0.3) is 0 Å². The van der Waals surface area contributed by atoms with Gasteiger partial charge in [0, 0.05) is 25.6 Å². The number of amides is 1. The van der Waals surface area contributed by atoms with Crippen LogP contribution in [0.2, 0.25) is 0 Å². The van der Waals surface area contributed by atoms with Crippen LogP contribution in [0.3, 0.4) is 0 Å². The average Bonchev–Trinajstić information content (AvgIpc) is 2.43. The van der Waals surface area contributed by atoms with E-state index < -0.39 is 0 Å². The normalized spacial score (nSPS) is 11.4. The first kappa shape index (κ1) is 17.7. The summed E-state index contributed by atoms with van der Waals surface area (Å²) in [7, 11) is 1.64. The van der Waals surface area contributed by atoms with Crippen LogP contribution in [0.1, 0.15) is 19.4 Å². The summed E-state index contributed by atoms with van der Waals surface area (Å²) >= 11 is 0. The maximum atomic E-state index is 12.1. The van der Waals surface area contributed by atoms with E-state index in [9.17, 15) is 4.79 Å². The van der Waals surface area contributed by atoms with Crippen molar-refractivity contribution in [1.29, 1.82) is 0 Å². The minimum Gasteiger partial charge on any atom is -0.497 e. The molecule has 2 N–H and O–H groups in total. The molecule has 1 aromatic carbocycles. The highest BCUT2D eigenvalue weighted by Gasteiger charge is 2.17. The highest BCUT2D eigenvalue weighted by Crippen LogP contribution is 2.14. The number of carbonyl (C=O) groups is 1. The second-order valence-electron chi connectivity index (χ2n) is 4.34. The molecule has 19 heavy (non-hydrogen) atoms. The lowest BCUT2D eigenvalue weighted by Crippen LogP contribution is -2.37. The zero-order chi connectivity index (χ0) is 13.5. The molecule has 0 saturated carbocycles. The van der Waals surface area contributed by atoms with Gasteiger partial charge in [0.05, 0.1) is 7.11 Å². The van der Waals surface area contributed by atoms with Gasteiger partial charge >= 0.3 is 0 Å². The predicted octanol–water partition coefficient (Wildman–Crippen LogP) is 2.06. The molecule has 0 saturated heterocycles. The maximum absolute atomic E-state index is 12.1. The summed E-state index contributed by atoms with van der Waals surface area (Å²) in [4.78, 5) is 13.9. The van der Waals surface area contributed by atoms with E-state index in [0.29, 0.717) is 19.6 Å². The Morgan fingerprint density at radius 3 is 2.37 bits per heavy atom. The van der Waals surface area contributed by atoms with Crippen molar-refractivity contribution >= 4 is 18.3 Å². The van der Waals surface area contributed by atoms with Crippen molar-refractivity contribution in [2.45, 2.75) is 20.4 Å². The molecule has 1 atom stereocenters. The Kier molecular flexibility index (Phi) is 8.19. The Balaban J connectivity index is 0.00000324. The first-order valence-corrected chi connectivity index (χ1v) is 6.24. The second-order valence-corrected chi connectivity index (χ2v) is 4.34. The molecule has 0 aliphatic heterocycles. The number of hydrogen-bond donors (Lipinski definition) is 1. The number of ether oxygens (including phenoxy) is 1. The van der Waals surface area contributed by atoms with Crippen molar-refractivity contribution in [2.75, 3.05) is 20.2 Å². The van der Waals surface area contributed by atoms with Crippen LogP contribution in [0.25, 0.3) is 0 Å². The lowest BCUT2D eigenvalue weighted by molar-refractivity contribution is -0.135. The summed E-state index contributed by atoms with van der Waals surface area (Å²) < 4.78 is 5.11. The van der Waals surface area contributed by atoms with Crippen LogP contribution in [0.4, 0.5) is 0 Å². The van der Waals surface area contributed by atoms with Crippen molar-refractivity contribution in [3.63, 3.8) is 0 Å². The predicted molar refractivity (Wildman–Crippen MR) is 79.6 cm³/mol. The SMILES string of the molecule is CCN(Cc1ccc(OC)cc1)C(=O)C(C)CN.Cl. The largest absolute Gasteiger partial charge is 0.497 e. The summed E-state index contributed by atoms with van der Waals surface area (Å²) in [6, 6.07) is 7.75. The quantitative estimate of drug-likeness (QED) is 0.871. The number of carbonyl (C=O) groups excluding carboxylic acids is 1. The number of hydrogen-bond acceptors (Lipinski definition) is 3. The van der Waals surface area contributed by atoms with Crippen molar-refractivity contribution in [1.82, 2.24) is 4.90 Å². The monoisotopic (exact) mass is 286 g/mol. The van der Waals surface area contributed by atoms with Gasteiger partial charge in [0.15, 0.2) is 0 Å². The molecule has 1 amide bonds. The van der Waals surface area contributed by atoms with Crippen molar-refractivity contribution < 1.29 is 9.53 Å². The van der Waals surface area contributed by atoms with Crippen LogP contribution in [-0.2, 0) is 11.3 Å². The molecule has 0 bridgehead atoms. The third kappa shape index (κ3) is 5.09. The molecular formula is C14H23ClN2O2. The van der Waals surface area contributed by atoms with E-state index in [-0.39, 0.29) is 24.2 Å². The molecule has 4 nitrogen and oxygen atoms in total. The standard InChI is InChI=1S/C14H22N2O2.ClH/c1-4-16(14(17)11(2)9-15)10-12-5-7-13(18-3)8-6-12;/h5-8,11H,4,9-10,15H2,1-3H3;1H. The minimum atomic E-state index is -0.122. The molecule has 0 fully saturated rings. The summed E-state index contributed by atoms with van der Waals surface area (Å²) in [6.45, 7) is 5.53. The molecule has 0 spiro atoms. The van der Waals surface area contributed by atoms with E-state index in [1.807, 2.05) is 43.0 Å². The van der Waals surface area contributed by atoms with Crippen LogP contribution >= 0.6 is 12.4 Å². The first-order chi connectivity index (χ1) is 8.62. The zero-order valence-electron chi connectivity index (χ0n) is 11.8. The number of rotatable bonds is 6. The lowest BCUT2D eigenvalue weighted by Gasteiger charge is -2.24. The van der Waals surface area contributed by atoms with E-state index in [0.717, 1.165) is 11.3 Å². The Morgan fingerprint density at radius 2 is 1.95 bits per heavy atom. The number of halogens is 1. The summed E-state index contributed by atoms with van der Waals surface area (Å²) in [5.74, 6) is 0.808. The lowest BCUT2D eigenvalue weighted by atomic mass is 10.1. The van der Waals surface area contributed by atoms with Crippen LogP contribution in [0, 0.1) is 5.92 Å². The molecule has 1 aromatic rings. The van der Waals surface area contributed by atoms with Crippen LogP contribution in [-0.4, -0.2) is 31.0 Å². The summed E-state index contributed by atoms with van der Waals surface area (Å²) in [5, 5.41) is 0. The topological polar surface area (TPSA) is 55.6 Å². The van der Waals surface area contributed by atoms with E-state index in [2.05, 4.69) is 0 Å². The van der Waals surface area contributed by atoms with Gasteiger partial charge in [-0.15, -0.1) is 12.4 Å². The molecule has 0 radical (unpaired) electrons. The fourth-order valence-electron chi connectivity index (χ4n) is 1.71. The van der Waals surface area contributed by atoms with Crippen LogP contribution < -0.4 is 10.5 Å². The van der Waals surface area contributed by atoms with Crippen LogP contribution in [0.15, 0.2) is 24.3 Å². The summed E-state index contributed by atoms with van der Waals surface area (Å²) in [6.07, 6.45) is 0. The number of nitrogens with two attached hydrogens (primary N) is 1. The number of benzene rings is 1. The molecule has 1 rings (SSSR count). The highest BCUT2D eigenvalue weighted by molar-refractivity contribution is 5.85. The Morgan fingerprint density at radius 1 is 1.37 bits per heavy atom. The maximum Gasteiger partial charge on any atom is 0.226 e. The van der Waals surface area contributed by atoms with Gasteiger partial charge in [0.1, 0.15) is 5.75 Å². The van der Waals surface area contributed by atoms with Gasteiger partial charge in [-0.3, -0.25) is 4.79 Å². The molecule has 0 aliphatic rings. The average molecular weight is 287 g/mol. The molecular weight excluding hydrogens is 264 g/mol. The Hall–Kier alpha value is -1.26. The fraction of sp³-hybridized carbons (Fsp3) is 0.500. The van der Waals surface area contributed by atoms with Crippen molar-refractivity contribution in [3.8, 4) is 5.75 Å². The molecule has 5 heteroatoms. The molecule has 108 valence electrons. The number of nitrogens with zero attached hydrogens (tertiary/aromatic N) is 1.